The van der Waals surface area contributed by atoms with Gasteiger partial charge in [0.05, 0.1) is 11.1 Å². The predicted octanol–water partition coefficient (Wildman–Crippen LogP) is 3.55. The Morgan fingerprint density at radius 3 is 2.56 bits per heavy atom. The molecule has 2 aromatic carbocycles. The van der Waals surface area contributed by atoms with Crippen LogP contribution in [0.4, 0.5) is 0 Å². The maximum absolute atomic E-state index is 13.1. The highest BCUT2D eigenvalue weighted by Crippen LogP contribution is 2.22. The maximum atomic E-state index is 13.1. The zero-order valence-electron chi connectivity index (χ0n) is 20.0. The molecule has 6 nitrogen and oxygen atoms in total. The molecule has 36 heavy (non-hydrogen) atoms. The second-order valence-electron chi connectivity index (χ2n) is 8.49. The standard InChI is InChI=1S/C29H24N4O2S/c1-20-9-6-7-13-24(20)25(34)16-27-32(2)29(35)26(36-27)15-23-19-33(18-21-10-4-3-5-11-21)31-28(23)22-12-8-14-30-17-22/h3-17,19H,18H2,1-2H3/b26-15-,27-16+. The number of nitrogens with zero attached hydrogens (tertiary/aromatic N) is 4. The lowest BCUT2D eigenvalue weighted by molar-refractivity contribution is 0.106. The average molecular weight is 493 g/mol. The zero-order chi connectivity index (χ0) is 25.1. The van der Waals surface area contributed by atoms with Crippen molar-refractivity contribution in [3.63, 3.8) is 0 Å². The van der Waals surface area contributed by atoms with Gasteiger partial charge in [-0.05, 0) is 36.3 Å². The van der Waals surface area contributed by atoms with Gasteiger partial charge in [0.2, 0.25) is 0 Å². The quantitative estimate of drug-likeness (QED) is 0.340. The van der Waals surface area contributed by atoms with Crippen molar-refractivity contribution in [1.29, 1.82) is 0 Å². The molecule has 0 saturated heterocycles. The number of thiazole rings is 1. The van der Waals surface area contributed by atoms with Crippen LogP contribution in [0.1, 0.15) is 27.0 Å². The van der Waals surface area contributed by atoms with Gasteiger partial charge in [-0.2, -0.15) is 5.10 Å². The second-order valence-corrected chi connectivity index (χ2v) is 9.56. The molecule has 0 amide bonds. The van der Waals surface area contributed by atoms with Crippen LogP contribution in [0.5, 0.6) is 0 Å². The number of hydrogen-bond acceptors (Lipinski definition) is 5. The average Bonchev–Trinajstić information content (AvgIpc) is 3.41. The van der Waals surface area contributed by atoms with E-state index in [1.54, 1.807) is 25.5 Å². The summed E-state index contributed by atoms with van der Waals surface area (Å²) >= 11 is 1.29. The van der Waals surface area contributed by atoms with E-state index in [0.717, 1.165) is 27.9 Å². The molecular weight excluding hydrogens is 468 g/mol. The van der Waals surface area contributed by atoms with Gasteiger partial charge in [-0.25, -0.2) is 0 Å². The summed E-state index contributed by atoms with van der Waals surface area (Å²) in [7, 11) is 1.69. The monoisotopic (exact) mass is 492 g/mol. The fourth-order valence-electron chi connectivity index (χ4n) is 4.01. The minimum absolute atomic E-state index is 0.122. The Hall–Kier alpha value is -4.36. The van der Waals surface area contributed by atoms with E-state index in [4.69, 9.17) is 5.10 Å². The normalized spacial score (nSPS) is 12.3. The molecule has 5 aromatic rings. The first-order valence-electron chi connectivity index (χ1n) is 11.5. The van der Waals surface area contributed by atoms with Gasteiger partial charge in [-0.1, -0.05) is 54.6 Å². The van der Waals surface area contributed by atoms with Crippen LogP contribution in [0.3, 0.4) is 0 Å². The van der Waals surface area contributed by atoms with Crippen molar-refractivity contribution in [3.05, 3.63) is 127 Å². The number of carbonyl (C=O) groups excluding carboxylic acids is 1. The van der Waals surface area contributed by atoms with Crippen molar-refractivity contribution >= 4 is 29.3 Å². The molecule has 0 radical (unpaired) electrons. The molecular formula is C29H24N4O2S. The van der Waals surface area contributed by atoms with Crippen LogP contribution in [-0.2, 0) is 13.6 Å². The van der Waals surface area contributed by atoms with Crippen molar-refractivity contribution in [2.24, 2.45) is 7.05 Å². The smallest absolute Gasteiger partial charge is 0.268 e. The number of rotatable bonds is 6. The minimum Gasteiger partial charge on any atom is -0.302 e. The first-order valence-corrected chi connectivity index (χ1v) is 12.3. The number of Topliss-reactive ketones (excluding diaryl/α,β-unsaturated/α-hetero) is 1. The molecule has 0 fully saturated rings. The number of aromatic nitrogens is 4. The molecule has 0 aliphatic carbocycles. The van der Waals surface area contributed by atoms with E-state index in [9.17, 15) is 9.59 Å². The molecule has 0 aliphatic heterocycles. The number of benzene rings is 2. The third-order valence-electron chi connectivity index (χ3n) is 5.92. The maximum Gasteiger partial charge on any atom is 0.268 e. The number of carbonyl (C=O) groups is 1. The van der Waals surface area contributed by atoms with Gasteiger partial charge < -0.3 is 4.57 Å². The lowest BCUT2D eigenvalue weighted by atomic mass is 10.1. The topological polar surface area (TPSA) is 69.8 Å². The van der Waals surface area contributed by atoms with Crippen molar-refractivity contribution in [1.82, 2.24) is 19.3 Å². The van der Waals surface area contributed by atoms with Gasteiger partial charge in [0.15, 0.2) is 5.78 Å². The Labute approximate surface area is 212 Å². The van der Waals surface area contributed by atoms with E-state index in [2.05, 4.69) is 17.1 Å². The molecule has 0 aliphatic rings. The molecule has 0 unspecified atom stereocenters. The lowest BCUT2D eigenvalue weighted by Crippen LogP contribution is -2.29. The molecule has 3 heterocycles. The second kappa shape index (κ2) is 10.1. The molecule has 0 atom stereocenters. The van der Waals surface area contributed by atoms with Gasteiger partial charge in [-0.3, -0.25) is 19.3 Å². The van der Waals surface area contributed by atoms with Crippen molar-refractivity contribution in [2.45, 2.75) is 13.5 Å². The van der Waals surface area contributed by atoms with Crippen LogP contribution < -0.4 is 14.8 Å². The number of ketones is 1. The van der Waals surface area contributed by atoms with Crippen LogP contribution in [-0.4, -0.2) is 25.1 Å². The molecule has 0 spiro atoms. The number of aryl methyl sites for hydroxylation is 1. The Balaban J connectivity index is 1.60. The molecule has 3 aromatic heterocycles. The Bertz CT molecular complexity index is 1710. The van der Waals surface area contributed by atoms with Crippen LogP contribution in [0, 0.1) is 6.92 Å². The van der Waals surface area contributed by atoms with Crippen LogP contribution in [0.2, 0.25) is 0 Å². The number of hydrogen-bond donors (Lipinski definition) is 0. The fraction of sp³-hybridized carbons (Fsp3) is 0.103. The summed E-state index contributed by atoms with van der Waals surface area (Å²) in [6.45, 7) is 2.51. The molecule has 178 valence electrons. The summed E-state index contributed by atoms with van der Waals surface area (Å²) in [5.41, 5.74) is 4.93. The van der Waals surface area contributed by atoms with Gasteiger partial charge in [0, 0.05) is 48.4 Å². The summed E-state index contributed by atoms with van der Waals surface area (Å²) in [6, 6.07) is 21.3. The molecule has 0 saturated carbocycles. The Morgan fingerprint density at radius 2 is 1.81 bits per heavy atom. The van der Waals surface area contributed by atoms with E-state index in [-0.39, 0.29) is 11.3 Å². The molecule has 5 rings (SSSR count). The molecule has 0 bridgehead atoms. The van der Waals surface area contributed by atoms with Crippen molar-refractivity contribution in [2.75, 3.05) is 0 Å². The first-order chi connectivity index (χ1) is 17.5. The van der Waals surface area contributed by atoms with Gasteiger partial charge in [-0.15, -0.1) is 11.3 Å². The summed E-state index contributed by atoms with van der Waals surface area (Å²) in [6.07, 6.45) is 8.80. The third-order valence-corrected chi connectivity index (χ3v) is 7.04. The highest BCUT2D eigenvalue weighted by Gasteiger charge is 2.12. The van der Waals surface area contributed by atoms with Crippen molar-refractivity contribution in [3.8, 4) is 11.3 Å². The van der Waals surface area contributed by atoms with Crippen LogP contribution >= 0.6 is 11.3 Å². The zero-order valence-corrected chi connectivity index (χ0v) is 20.8. The van der Waals surface area contributed by atoms with E-state index in [0.29, 0.717) is 21.3 Å². The Kier molecular flexibility index (Phi) is 6.56. The Morgan fingerprint density at radius 1 is 1.03 bits per heavy atom. The highest BCUT2D eigenvalue weighted by molar-refractivity contribution is 7.07. The SMILES string of the molecule is Cc1ccccc1C(=O)/C=c1/s/c(=C\c2cn(Cc3ccccc3)nc2-c2cccnc2)c(=O)n1C. The first kappa shape index (κ1) is 23.4. The predicted molar refractivity (Wildman–Crippen MR) is 143 cm³/mol. The minimum atomic E-state index is -0.156. The van der Waals surface area contributed by atoms with Gasteiger partial charge in [0.25, 0.3) is 5.56 Å². The van der Waals surface area contributed by atoms with E-state index >= 15 is 0 Å². The summed E-state index contributed by atoms with van der Waals surface area (Å²) < 4.78 is 4.52. The largest absolute Gasteiger partial charge is 0.302 e. The lowest BCUT2D eigenvalue weighted by Gasteiger charge is -2.01. The van der Waals surface area contributed by atoms with Crippen LogP contribution in [0.15, 0.2) is 90.1 Å². The summed E-state index contributed by atoms with van der Waals surface area (Å²) in [5.74, 6) is -0.122. The number of pyridine rings is 1. The highest BCUT2D eigenvalue weighted by atomic mass is 32.1. The van der Waals surface area contributed by atoms with Crippen molar-refractivity contribution < 1.29 is 4.79 Å². The summed E-state index contributed by atoms with van der Waals surface area (Å²) in [5, 5.41) is 4.81. The molecule has 0 N–H and O–H groups in total. The van der Waals surface area contributed by atoms with E-state index < -0.39 is 0 Å². The summed E-state index contributed by atoms with van der Waals surface area (Å²) in [4.78, 5) is 30.2. The fourth-order valence-corrected chi connectivity index (χ4v) is 5.03. The van der Waals surface area contributed by atoms with Gasteiger partial charge >= 0.3 is 0 Å². The third kappa shape index (κ3) is 4.87. The van der Waals surface area contributed by atoms with E-state index in [1.807, 2.05) is 72.4 Å². The van der Waals surface area contributed by atoms with E-state index in [1.165, 1.54) is 22.0 Å². The molecule has 7 heteroatoms. The van der Waals surface area contributed by atoms with Gasteiger partial charge in [0.1, 0.15) is 10.4 Å². The van der Waals surface area contributed by atoms with Crippen LogP contribution in [0.25, 0.3) is 23.4 Å².